The van der Waals surface area contributed by atoms with Crippen molar-refractivity contribution in [2.75, 3.05) is 10.1 Å². The molecule has 0 aliphatic rings. The molecule has 0 saturated carbocycles. The van der Waals surface area contributed by atoms with Gasteiger partial charge in [-0.2, -0.15) is 0 Å². The Morgan fingerprint density at radius 1 is 1.29 bits per heavy atom. The number of sulfonamides is 1. The molecular formula is C10H10N6O4S. The first-order chi connectivity index (χ1) is 9.94. The third-order valence-corrected chi connectivity index (χ3v) is 3.83. The molecule has 0 aliphatic carbocycles. The molecule has 0 atom stereocenters. The van der Waals surface area contributed by atoms with Gasteiger partial charge in [0.2, 0.25) is 0 Å². The van der Waals surface area contributed by atoms with Crippen molar-refractivity contribution in [3.8, 4) is 0 Å². The van der Waals surface area contributed by atoms with Crippen LogP contribution >= 0.6 is 0 Å². The lowest BCUT2D eigenvalue weighted by Gasteiger charge is -2.10. The highest BCUT2D eigenvalue weighted by atomic mass is 32.2. The Balaban J connectivity index is 2.42. The zero-order valence-electron chi connectivity index (χ0n) is 10.4. The third-order valence-electron chi connectivity index (χ3n) is 2.42. The standard InChI is InChI=1S/C10H10N6O4S/c11-14-8-5-7(16(17)18)1-2-9(8)21(19,20)15-10-6-12-3-4-13-10/h1-6,14H,11H2,(H,13,15). The van der Waals surface area contributed by atoms with E-state index in [1.54, 1.807) is 0 Å². The fourth-order valence-electron chi connectivity index (χ4n) is 1.52. The second-order valence-corrected chi connectivity index (χ2v) is 5.43. The maximum Gasteiger partial charge on any atom is 0.271 e. The summed E-state index contributed by atoms with van der Waals surface area (Å²) in [6.07, 6.45) is 3.92. The normalized spacial score (nSPS) is 10.9. The lowest BCUT2D eigenvalue weighted by atomic mass is 10.3. The van der Waals surface area contributed by atoms with Gasteiger partial charge >= 0.3 is 0 Å². The highest BCUT2D eigenvalue weighted by Crippen LogP contribution is 2.26. The topological polar surface area (TPSA) is 153 Å². The second-order valence-electron chi connectivity index (χ2n) is 3.78. The van der Waals surface area contributed by atoms with E-state index in [-0.39, 0.29) is 22.1 Å². The van der Waals surface area contributed by atoms with Crippen LogP contribution in [-0.2, 0) is 10.0 Å². The number of nitrogen functional groups attached to an aromatic ring is 1. The summed E-state index contributed by atoms with van der Waals surface area (Å²) in [4.78, 5) is 17.3. The van der Waals surface area contributed by atoms with Gasteiger partial charge in [0.1, 0.15) is 4.90 Å². The molecule has 0 amide bonds. The van der Waals surface area contributed by atoms with Crippen LogP contribution in [0.2, 0.25) is 0 Å². The summed E-state index contributed by atoms with van der Waals surface area (Å²) < 4.78 is 26.6. The molecule has 4 N–H and O–H groups in total. The summed E-state index contributed by atoms with van der Waals surface area (Å²) in [5.74, 6) is 5.23. The number of nitro groups is 1. The molecule has 10 nitrogen and oxygen atoms in total. The molecule has 0 radical (unpaired) electrons. The van der Waals surface area contributed by atoms with Crippen molar-refractivity contribution >= 4 is 27.2 Å². The Morgan fingerprint density at radius 3 is 2.62 bits per heavy atom. The summed E-state index contributed by atoms with van der Waals surface area (Å²) in [5.41, 5.74) is 1.72. The van der Waals surface area contributed by atoms with E-state index in [1.807, 2.05) is 0 Å². The molecule has 2 rings (SSSR count). The molecule has 0 aliphatic heterocycles. The number of aromatic nitrogens is 2. The number of nitrogens with two attached hydrogens (primary N) is 1. The minimum atomic E-state index is -4.02. The van der Waals surface area contributed by atoms with Gasteiger partial charge in [-0.25, -0.2) is 13.4 Å². The summed E-state index contributed by atoms with van der Waals surface area (Å²) in [6, 6.07) is 3.16. The molecule has 110 valence electrons. The number of nitrogens with zero attached hydrogens (tertiary/aromatic N) is 3. The van der Waals surface area contributed by atoms with Crippen molar-refractivity contribution < 1.29 is 13.3 Å². The molecule has 0 spiro atoms. The second kappa shape index (κ2) is 5.68. The van der Waals surface area contributed by atoms with Crippen LogP contribution in [0.15, 0.2) is 41.7 Å². The van der Waals surface area contributed by atoms with Crippen molar-refractivity contribution in [2.24, 2.45) is 5.84 Å². The van der Waals surface area contributed by atoms with E-state index in [0.29, 0.717) is 0 Å². The van der Waals surface area contributed by atoms with Crippen LogP contribution in [0.1, 0.15) is 0 Å². The molecule has 1 aromatic heterocycles. The van der Waals surface area contributed by atoms with Gasteiger partial charge in [0.05, 0.1) is 16.8 Å². The van der Waals surface area contributed by atoms with Crippen LogP contribution < -0.4 is 16.0 Å². The molecule has 1 heterocycles. The quantitative estimate of drug-likeness (QED) is 0.409. The minimum Gasteiger partial charge on any atom is -0.323 e. The predicted octanol–water partition coefficient (Wildman–Crippen LogP) is 0.471. The van der Waals surface area contributed by atoms with Gasteiger partial charge in [0.25, 0.3) is 15.7 Å². The zero-order valence-corrected chi connectivity index (χ0v) is 11.2. The van der Waals surface area contributed by atoms with Crippen LogP contribution in [0, 0.1) is 10.1 Å². The highest BCUT2D eigenvalue weighted by molar-refractivity contribution is 7.92. The van der Waals surface area contributed by atoms with E-state index in [1.165, 1.54) is 18.6 Å². The summed E-state index contributed by atoms with van der Waals surface area (Å²) in [6.45, 7) is 0. The Labute approximate surface area is 119 Å². The lowest BCUT2D eigenvalue weighted by molar-refractivity contribution is -0.384. The number of non-ortho nitro benzene ring substituents is 1. The van der Waals surface area contributed by atoms with E-state index in [0.717, 1.165) is 18.2 Å². The first-order valence-electron chi connectivity index (χ1n) is 5.48. The predicted molar refractivity (Wildman–Crippen MR) is 73.7 cm³/mol. The fourth-order valence-corrected chi connectivity index (χ4v) is 2.67. The molecule has 0 saturated heterocycles. The first-order valence-corrected chi connectivity index (χ1v) is 6.96. The van der Waals surface area contributed by atoms with Crippen LogP contribution in [0.4, 0.5) is 17.2 Å². The van der Waals surface area contributed by atoms with Crippen molar-refractivity contribution in [1.29, 1.82) is 0 Å². The Bertz CT molecular complexity index is 764. The third kappa shape index (κ3) is 3.21. The fraction of sp³-hybridized carbons (Fsp3) is 0. The van der Waals surface area contributed by atoms with E-state index in [4.69, 9.17) is 5.84 Å². The average Bonchev–Trinajstić information content (AvgIpc) is 2.47. The van der Waals surface area contributed by atoms with E-state index in [2.05, 4.69) is 20.1 Å². The van der Waals surface area contributed by atoms with Gasteiger partial charge in [-0.05, 0) is 6.07 Å². The van der Waals surface area contributed by atoms with Crippen molar-refractivity contribution in [3.63, 3.8) is 0 Å². The van der Waals surface area contributed by atoms with Crippen LogP contribution in [-0.4, -0.2) is 23.3 Å². The molecule has 1 aromatic carbocycles. The highest BCUT2D eigenvalue weighted by Gasteiger charge is 2.21. The van der Waals surface area contributed by atoms with Crippen LogP contribution in [0.3, 0.4) is 0 Å². The smallest absolute Gasteiger partial charge is 0.271 e. The minimum absolute atomic E-state index is 0.0128. The number of hydrogen-bond acceptors (Lipinski definition) is 8. The van der Waals surface area contributed by atoms with Gasteiger partial charge in [0.15, 0.2) is 5.82 Å². The van der Waals surface area contributed by atoms with Gasteiger partial charge in [-0.15, -0.1) is 0 Å². The molecule has 11 heteroatoms. The van der Waals surface area contributed by atoms with Crippen molar-refractivity contribution in [1.82, 2.24) is 9.97 Å². The van der Waals surface area contributed by atoms with Gasteiger partial charge < -0.3 is 5.43 Å². The number of benzene rings is 1. The molecule has 0 bridgehead atoms. The average molecular weight is 310 g/mol. The number of hydrazine groups is 1. The molecule has 2 aromatic rings. The summed E-state index contributed by atoms with van der Waals surface area (Å²) in [7, 11) is -4.02. The van der Waals surface area contributed by atoms with Crippen LogP contribution in [0.25, 0.3) is 0 Å². The monoisotopic (exact) mass is 310 g/mol. The SMILES string of the molecule is NNc1cc([N+](=O)[O-])ccc1S(=O)(=O)Nc1cnccn1. The number of hydrogen-bond donors (Lipinski definition) is 3. The van der Waals surface area contributed by atoms with E-state index >= 15 is 0 Å². The van der Waals surface area contributed by atoms with Gasteiger partial charge in [0, 0.05) is 24.5 Å². The Kier molecular flexibility index (Phi) is 3.95. The Hall–Kier alpha value is -2.79. The summed E-state index contributed by atoms with van der Waals surface area (Å²) >= 11 is 0. The molecule has 0 unspecified atom stereocenters. The van der Waals surface area contributed by atoms with E-state index in [9.17, 15) is 18.5 Å². The molecule has 0 fully saturated rings. The van der Waals surface area contributed by atoms with Crippen LogP contribution in [0.5, 0.6) is 0 Å². The maximum absolute atomic E-state index is 12.2. The number of nitrogens with one attached hydrogen (secondary N) is 2. The van der Waals surface area contributed by atoms with Crippen molar-refractivity contribution in [2.45, 2.75) is 4.90 Å². The maximum atomic E-state index is 12.2. The zero-order chi connectivity index (χ0) is 15.5. The Morgan fingerprint density at radius 2 is 2.05 bits per heavy atom. The number of rotatable bonds is 5. The summed E-state index contributed by atoms with van der Waals surface area (Å²) in [5, 5.41) is 10.7. The molecular weight excluding hydrogens is 300 g/mol. The van der Waals surface area contributed by atoms with Gasteiger partial charge in [-0.1, -0.05) is 0 Å². The van der Waals surface area contributed by atoms with Crippen molar-refractivity contribution in [3.05, 3.63) is 46.9 Å². The largest absolute Gasteiger partial charge is 0.323 e. The first kappa shape index (κ1) is 14.6. The number of anilines is 2. The molecule has 21 heavy (non-hydrogen) atoms. The lowest BCUT2D eigenvalue weighted by Crippen LogP contribution is -2.18. The van der Waals surface area contributed by atoms with E-state index < -0.39 is 14.9 Å². The van der Waals surface area contributed by atoms with Gasteiger partial charge in [-0.3, -0.25) is 25.7 Å². The number of nitro benzene ring substituents is 1.